The Labute approximate surface area is 188 Å². The molecule has 170 valence electrons. The average Bonchev–Trinajstić information content (AvgIpc) is 2.70. The monoisotopic (exact) mass is 467 g/mol. The van der Waals surface area contributed by atoms with E-state index in [0.717, 1.165) is 43.8 Å². The largest absolute Gasteiger partial charge is 0.379 e. The molecule has 1 aliphatic heterocycles. The van der Waals surface area contributed by atoms with Crippen molar-refractivity contribution >= 4 is 19.4 Å². The van der Waals surface area contributed by atoms with Gasteiger partial charge in [-0.15, -0.1) is 11.8 Å². The lowest BCUT2D eigenvalue weighted by molar-refractivity contribution is -0.0652. The van der Waals surface area contributed by atoms with Crippen LogP contribution in [0.1, 0.15) is 36.8 Å². The normalized spacial score (nSPS) is 15.6. The zero-order chi connectivity index (χ0) is 22.2. The van der Waals surface area contributed by atoms with Gasteiger partial charge in [0.15, 0.2) is 0 Å². The molecule has 1 fully saturated rings. The molecule has 3 N–H and O–H groups in total. The number of ether oxygens (including phenoxy) is 1. The lowest BCUT2D eigenvalue weighted by atomic mass is 9.75. The van der Waals surface area contributed by atoms with Gasteiger partial charge < -0.3 is 19.8 Å². The van der Waals surface area contributed by atoms with Gasteiger partial charge in [0.05, 0.1) is 19.4 Å². The van der Waals surface area contributed by atoms with Crippen LogP contribution >= 0.6 is 19.4 Å². The molecule has 31 heavy (non-hydrogen) atoms. The molecular weight excluding hydrogens is 436 g/mol. The number of nitrogens with one attached hydrogen (secondary N) is 1. The van der Waals surface area contributed by atoms with Crippen molar-refractivity contribution in [3.8, 4) is 0 Å². The summed E-state index contributed by atoms with van der Waals surface area (Å²) in [6.45, 7) is 2.53. The third-order valence-electron chi connectivity index (χ3n) is 5.58. The Morgan fingerprint density at radius 1 is 1.10 bits per heavy atom. The molecule has 8 heteroatoms. The molecule has 2 aromatic rings. The van der Waals surface area contributed by atoms with Gasteiger partial charge in [0.2, 0.25) is 0 Å². The summed E-state index contributed by atoms with van der Waals surface area (Å²) < 4.78 is 30.7. The van der Waals surface area contributed by atoms with Gasteiger partial charge in [-0.3, -0.25) is 4.57 Å². The fraction of sp³-hybridized carbons (Fsp3) is 0.478. The first-order valence-corrected chi connectivity index (χ1v) is 13.5. The van der Waals surface area contributed by atoms with E-state index in [1.165, 1.54) is 11.6 Å². The summed E-state index contributed by atoms with van der Waals surface area (Å²) in [5, 5.41) is 3.09. The van der Waals surface area contributed by atoms with Crippen molar-refractivity contribution in [3.63, 3.8) is 0 Å². The summed E-state index contributed by atoms with van der Waals surface area (Å²) in [5.41, 5.74) is 2.33. The first-order chi connectivity index (χ1) is 14.9. The molecule has 0 saturated carbocycles. The summed E-state index contributed by atoms with van der Waals surface area (Å²) in [4.78, 5) is 18.3. The minimum atomic E-state index is -3.94. The second-order valence-corrected chi connectivity index (χ2v) is 11.0. The number of halogens is 1. The molecular formula is C23H31FNO4PS. The number of rotatable bonds is 13. The molecule has 0 atom stereocenters. The maximum atomic E-state index is 14.4. The zero-order valence-corrected chi connectivity index (χ0v) is 19.3. The Morgan fingerprint density at radius 2 is 1.87 bits per heavy atom. The molecule has 0 spiro atoms. The van der Waals surface area contributed by atoms with Crippen molar-refractivity contribution < 1.29 is 23.5 Å². The minimum absolute atomic E-state index is 0.135. The summed E-state index contributed by atoms with van der Waals surface area (Å²) in [7, 11) is -3.94. The van der Waals surface area contributed by atoms with Crippen molar-refractivity contribution in [3.05, 3.63) is 65.5 Å². The molecule has 2 aromatic carbocycles. The van der Waals surface area contributed by atoms with Crippen LogP contribution in [-0.4, -0.2) is 41.5 Å². The van der Waals surface area contributed by atoms with Gasteiger partial charge in [-0.1, -0.05) is 42.8 Å². The molecule has 3 rings (SSSR count). The Kier molecular flexibility index (Phi) is 9.14. The first-order valence-electron chi connectivity index (χ1n) is 10.7. The molecule has 0 aromatic heterocycles. The van der Waals surface area contributed by atoms with Crippen LogP contribution in [0.3, 0.4) is 0 Å². The van der Waals surface area contributed by atoms with Gasteiger partial charge >= 0.3 is 7.60 Å². The maximum Gasteiger partial charge on any atom is 0.325 e. The molecule has 1 aliphatic rings. The second kappa shape index (κ2) is 11.6. The highest BCUT2D eigenvalue weighted by Crippen LogP contribution is 2.37. The van der Waals surface area contributed by atoms with Crippen LogP contribution in [0.25, 0.3) is 0 Å². The summed E-state index contributed by atoms with van der Waals surface area (Å²) in [5.74, 6) is 0.662. The lowest BCUT2D eigenvalue weighted by Crippen LogP contribution is -2.46. The van der Waals surface area contributed by atoms with Gasteiger partial charge in [0.25, 0.3) is 0 Å². The minimum Gasteiger partial charge on any atom is -0.379 e. The number of hydrogen-bond donors (Lipinski definition) is 3. The quantitative estimate of drug-likeness (QED) is 0.225. The zero-order valence-electron chi connectivity index (χ0n) is 17.6. The predicted molar refractivity (Wildman–Crippen MR) is 123 cm³/mol. The van der Waals surface area contributed by atoms with E-state index in [1.54, 1.807) is 11.8 Å². The topological polar surface area (TPSA) is 78.8 Å². The third kappa shape index (κ3) is 7.70. The van der Waals surface area contributed by atoms with E-state index in [-0.39, 0.29) is 17.4 Å². The number of benzene rings is 2. The van der Waals surface area contributed by atoms with Gasteiger partial charge in [0, 0.05) is 16.9 Å². The third-order valence-corrected chi connectivity index (χ3v) is 7.61. The number of thioether (sulfide) groups is 1. The van der Waals surface area contributed by atoms with E-state index >= 15 is 0 Å². The molecule has 1 heterocycles. The number of unbranched alkanes of at least 4 members (excludes halogenated alkanes) is 1. The van der Waals surface area contributed by atoms with Crippen LogP contribution in [0, 0.1) is 5.82 Å². The van der Waals surface area contributed by atoms with E-state index in [1.807, 2.05) is 18.2 Å². The van der Waals surface area contributed by atoms with Gasteiger partial charge in [0.1, 0.15) is 5.82 Å². The molecule has 0 amide bonds. The molecule has 1 saturated heterocycles. The highest BCUT2D eigenvalue weighted by Gasteiger charge is 2.39. The van der Waals surface area contributed by atoms with Crippen molar-refractivity contribution in [2.24, 2.45) is 0 Å². The SMILES string of the molecule is O=P(O)(O)CCCNCc1ccc(SCCCCC2(c3ccccc3)COC2)c(F)c1. The van der Waals surface area contributed by atoms with Crippen LogP contribution in [-0.2, 0) is 21.3 Å². The van der Waals surface area contributed by atoms with Crippen LogP contribution < -0.4 is 5.32 Å². The standard InChI is InChI=1S/C23H31FNO4PS/c24-21-15-19(16-25-12-6-13-30(26,27)28)9-10-22(21)31-14-5-4-11-23(17-29-18-23)20-7-2-1-3-8-20/h1-3,7-10,15,25H,4-6,11-14,16-18H2,(H2,26,27,28). The van der Waals surface area contributed by atoms with Crippen molar-refractivity contribution in [1.82, 2.24) is 5.32 Å². The first kappa shape index (κ1) is 24.4. The van der Waals surface area contributed by atoms with Crippen molar-refractivity contribution in [2.75, 3.05) is 31.7 Å². The van der Waals surface area contributed by atoms with E-state index in [2.05, 4.69) is 29.6 Å². The molecule has 0 aliphatic carbocycles. The highest BCUT2D eigenvalue weighted by molar-refractivity contribution is 7.99. The Hall–Kier alpha value is -1.21. The Morgan fingerprint density at radius 3 is 2.52 bits per heavy atom. The van der Waals surface area contributed by atoms with Crippen molar-refractivity contribution in [2.45, 2.75) is 42.5 Å². The van der Waals surface area contributed by atoms with E-state index in [4.69, 9.17) is 14.5 Å². The van der Waals surface area contributed by atoms with Gasteiger partial charge in [-0.25, -0.2) is 4.39 Å². The fourth-order valence-corrected chi connectivity index (χ4v) is 5.26. The molecule has 0 unspecified atom stereocenters. The average molecular weight is 468 g/mol. The molecule has 0 bridgehead atoms. The Bertz CT molecular complexity index is 873. The van der Waals surface area contributed by atoms with Crippen LogP contribution in [0.5, 0.6) is 0 Å². The summed E-state index contributed by atoms with van der Waals surface area (Å²) in [6, 6.07) is 15.8. The Balaban J connectivity index is 1.35. The van der Waals surface area contributed by atoms with Crippen LogP contribution in [0.2, 0.25) is 0 Å². The van der Waals surface area contributed by atoms with E-state index in [0.29, 0.717) is 24.4 Å². The second-order valence-electron chi connectivity index (χ2n) is 8.13. The van der Waals surface area contributed by atoms with E-state index in [9.17, 15) is 8.96 Å². The highest BCUT2D eigenvalue weighted by atomic mass is 32.2. The molecule has 5 nitrogen and oxygen atoms in total. The lowest BCUT2D eigenvalue weighted by Gasteiger charge is -2.42. The summed E-state index contributed by atoms with van der Waals surface area (Å²) >= 11 is 1.55. The predicted octanol–water partition coefficient (Wildman–Crippen LogP) is 4.71. The number of hydrogen-bond acceptors (Lipinski definition) is 4. The van der Waals surface area contributed by atoms with Crippen LogP contribution in [0.15, 0.2) is 53.4 Å². The maximum absolute atomic E-state index is 14.4. The smallest absolute Gasteiger partial charge is 0.325 e. The van der Waals surface area contributed by atoms with E-state index < -0.39 is 7.60 Å². The summed E-state index contributed by atoms with van der Waals surface area (Å²) in [6.07, 6.45) is 3.46. The van der Waals surface area contributed by atoms with Gasteiger partial charge in [-0.2, -0.15) is 0 Å². The molecule has 0 radical (unpaired) electrons. The fourth-order valence-electron chi connectivity index (χ4n) is 3.76. The van der Waals surface area contributed by atoms with Gasteiger partial charge in [-0.05, 0) is 54.8 Å². The van der Waals surface area contributed by atoms with Crippen LogP contribution in [0.4, 0.5) is 4.39 Å². The van der Waals surface area contributed by atoms with Crippen molar-refractivity contribution in [1.29, 1.82) is 0 Å².